The van der Waals surface area contributed by atoms with Crippen LogP contribution in [-0.4, -0.2) is 53.4 Å². The number of nitrogens with two attached hydrogens (primary N) is 1. The molecule has 3 amide bonds. The van der Waals surface area contributed by atoms with Crippen molar-refractivity contribution < 1.29 is 29.0 Å². The van der Waals surface area contributed by atoms with Crippen molar-refractivity contribution in [3.63, 3.8) is 0 Å². The lowest BCUT2D eigenvalue weighted by Gasteiger charge is -2.21. The Morgan fingerprint density at radius 2 is 1.61 bits per heavy atom. The second kappa shape index (κ2) is 11.8. The van der Waals surface area contributed by atoms with Crippen LogP contribution < -0.4 is 16.4 Å². The van der Waals surface area contributed by atoms with Crippen LogP contribution in [0.3, 0.4) is 0 Å². The molecule has 2 rings (SSSR count). The van der Waals surface area contributed by atoms with Gasteiger partial charge >= 0.3 is 0 Å². The minimum absolute atomic E-state index is 0.101. The van der Waals surface area contributed by atoms with Gasteiger partial charge in [-0.15, -0.1) is 0 Å². The molecule has 0 saturated carbocycles. The van der Waals surface area contributed by atoms with Gasteiger partial charge in [-0.25, -0.2) is 0 Å². The fourth-order valence-corrected chi connectivity index (χ4v) is 3.49. The van der Waals surface area contributed by atoms with Crippen LogP contribution in [0.2, 0.25) is 0 Å². The van der Waals surface area contributed by atoms with Gasteiger partial charge in [-0.3, -0.25) is 19.2 Å². The van der Waals surface area contributed by atoms with Crippen molar-refractivity contribution in [3.05, 3.63) is 29.8 Å². The van der Waals surface area contributed by atoms with Crippen LogP contribution in [0.1, 0.15) is 46.1 Å². The Morgan fingerprint density at radius 3 is 2.15 bits per heavy atom. The standard InChI is InChI=1S/C24H35N3O6/c1-13(2)9-18(27-24(32)21-20(33-21)23(31)26-12-14(3)4)19(29)11-16(22(25)30)10-15-5-7-17(28)8-6-15/h5-8,13-14,16,18,20-21,28H,9-12H2,1-4H3,(H2,25,30)(H,26,31)(H,27,32)/t16-,18-,20?,21?/m0/s1. The Bertz CT molecular complexity index is 852. The fourth-order valence-electron chi connectivity index (χ4n) is 3.49. The van der Waals surface area contributed by atoms with Gasteiger partial charge in [0.25, 0.3) is 11.8 Å². The van der Waals surface area contributed by atoms with Gasteiger partial charge in [-0.05, 0) is 42.4 Å². The third-order valence-electron chi connectivity index (χ3n) is 5.37. The van der Waals surface area contributed by atoms with Gasteiger partial charge < -0.3 is 26.2 Å². The maximum Gasteiger partial charge on any atom is 0.253 e. The first-order valence-corrected chi connectivity index (χ1v) is 11.3. The van der Waals surface area contributed by atoms with Crippen molar-refractivity contribution in [3.8, 4) is 5.75 Å². The number of hydrogen-bond donors (Lipinski definition) is 4. The number of epoxide rings is 1. The summed E-state index contributed by atoms with van der Waals surface area (Å²) in [5.74, 6) is -2.06. The first kappa shape index (κ1) is 26.3. The van der Waals surface area contributed by atoms with Gasteiger partial charge in [0, 0.05) is 18.9 Å². The SMILES string of the molecule is CC(C)CNC(=O)C1OC1C(=O)N[C@@H](CC(C)C)C(=O)C[C@H](Cc1ccc(O)cc1)C(N)=O. The van der Waals surface area contributed by atoms with E-state index >= 15 is 0 Å². The molecule has 0 aliphatic carbocycles. The van der Waals surface area contributed by atoms with Crippen molar-refractivity contribution in [2.24, 2.45) is 23.5 Å². The van der Waals surface area contributed by atoms with E-state index in [1.54, 1.807) is 12.1 Å². The average Bonchev–Trinajstić information content (AvgIpc) is 3.53. The number of carbonyl (C=O) groups excluding carboxylic acids is 4. The highest BCUT2D eigenvalue weighted by molar-refractivity contribution is 5.98. The van der Waals surface area contributed by atoms with Gasteiger partial charge in [-0.1, -0.05) is 39.8 Å². The molecule has 5 N–H and O–H groups in total. The molecule has 9 nitrogen and oxygen atoms in total. The van der Waals surface area contributed by atoms with Crippen molar-refractivity contribution in [2.75, 3.05) is 6.54 Å². The normalized spacial score (nSPS) is 19.1. The molecule has 1 saturated heterocycles. The zero-order valence-electron chi connectivity index (χ0n) is 19.7. The number of nitrogens with one attached hydrogen (secondary N) is 2. The van der Waals surface area contributed by atoms with Gasteiger partial charge in [0.15, 0.2) is 18.0 Å². The minimum Gasteiger partial charge on any atom is -0.508 e. The summed E-state index contributed by atoms with van der Waals surface area (Å²) in [6.07, 6.45) is -1.28. The number of ether oxygens (including phenoxy) is 1. The van der Waals surface area contributed by atoms with Crippen molar-refractivity contribution in [1.29, 1.82) is 0 Å². The molecule has 33 heavy (non-hydrogen) atoms. The topological polar surface area (TPSA) is 151 Å². The molecule has 4 atom stereocenters. The molecule has 1 fully saturated rings. The molecular formula is C24H35N3O6. The molecule has 0 aromatic heterocycles. The molecule has 0 spiro atoms. The van der Waals surface area contributed by atoms with Crippen LogP contribution in [0, 0.1) is 17.8 Å². The van der Waals surface area contributed by atoms with E-state index in [2.05, 4.69) is 10.6 Å². The zero-order chi connectivity index (χ0) is 24.7. The Morgan fingerprint density at radius 1 is 1.00 bits per heavy atom. The van der Waals surface area contributed by atoms with Gasteiger partial charge in [0.2, 0.25) is 5.91 Å². The summed E-state index contributed by atoms with van der Waals surface area (Å²) in [7, 11) is 0. The number of phenolic OH excluding ortho intramolecular Hbond substituents is 1. The first-order valence-electron chi connectivity index (χ1n) is 11.3. The van der Waals surface area contributed by atoms with Crippen LogP contribution >= 0.6 is 0 Å². The summed E-state index contributed by atoms with van der Waals surface area (Å²) in [6, 6.07) is 5.51. The highest BCUT2D eigenvalue weighted by Crippen LogP contribution is 2.24. The lowest BCUT2D eigenvalue weighted by atomic mass is 9.89. The number of hydrogen-bond acceptors (Lipinski definition) is 6. The third-order valence-corrected chi connectivity index (χ3v) is 5.37. The molecule has 0 radical (unpaired) electrons. The molecule has 9 heteroatoms. The first-order chi connectivity index (χ1) is 15.5. The van der Waals surface area contributed by atoms with Crippen molar-refractivity contribution >= 4 is 23.5 Å². The van der Waals surface area contributed by atoms with E-state index in [-0.39, 0.29) is 42.1 Å². The fraction of sp³-hybridized carbons (Fsp3) is 0.583. The van der Waals surface area contributed by atoms with E-state index in [4.69, 9.17) is 10.5 Å². The minimum atomic E-state index is -0.927. The maximum absolute atomic E-state index is 13.0. The van der Waals surface area contributed by atoms with E-state index in [9.17, 15) is 24.3 Å². The van der Waals surface area contributed by atoms with Gasteiger partial charge in [-0.2, -0.15) is 0 Å². The number of amides is 3. The Balaban J connectivity index is 1.99. The highest BCUT2D eigenvalue weighted by Gasteiger charge is 2.50. The summed E-state index contributed by atoms with van der Waals surface area (Å²) < 4.78 is 5.24. The van der Waals surface area contributed by atoms with Gasteiger partial charge in [0.1, 0.15) is 5.75 Å². The Kier molecular flexibility index (Phi) is 9.40. The third kappa shape index (κ3) is 8.49. The van der Waals surface area contributed by atoms with Crippen LogP contribution in [0.4, 0.5) is 0 Å². The lowest BCUT2D eigenvalue weighted by Crippen LogP contribution is -2.46. The summed E-state index contributed by atoms with van der Waals surface area (Å²) >= 11 is 0. The number of carbonyl (C=O) groups is 4. The number of benzene rings is 1. The number of primary amides is 1. The zero-order valence-corrected chi connectivity index (χ0v) is 19.7. The number of rotatable bonds is 13. The average molecular weight is 462 g/mol. The molecule has 1 heterocycles. The molecule has 0 bridgehead atoms. The summed E-state index contributed by atoms with van der Waals surface area (Å²) in [5, 5.41) is 14.8. The van der Waals surface area contributed by atoms with Crippen molar-refractivity contribution in [1.82, 2.24) is 10.6 Å². The van der Waals surface area contributed by atoms with E-state index < -0.39 is 36.0 Å². The highest BCUT2D eigenvalue weighted by atomic mass is 16.6. The lowest BCUT2D eigenvalue weighted by molar-refractivity contribution is -0.131. The Labute approximate surface area is 194 Å². The van der Waals surface area contributed by atoms with E-state index in [0.29, 0.717) is 13.0 Å². The quantitative estimate of drug-likeness (QED) is 0.323. The van der Waals surface area contributed by atoms with Crippen LogP contribution in [0.25, 0.3) is 0 Å². The predicted molar refractivity (Wildman–Crippen MR) is 122 cm³/mol. The molecule has 1 aliphatic heterocycles. The van der Waals surface area contributed by atoms with Crippen molar-refractivity contribution in [2.45, 2.75) is 65.2 Å². The van der Waals surface area contributed by atoms with Gasteiger partial charge in [0.05, 0.1) is 6.04 Å². The molecular weight excluding hydrogens is 426 g/mol. The van der Waals surface area contributed by atoms with E-state index in [1.807, 2.05) is 27.7 Å². The Hall–Kier alpha value is -2.94. The molecule has 2 unspecified atom stereocenters. The summed E-state index contributed by atoms with van der Waals surface area (Å²) in [5.41, 5.74) is 6.29. The molecule has 1 aliphatic rings. The predicted octanol–water partition coefficient (Wildman–Crippen LogP) is 1.07. The number of phenols is 1. The number of Topliss-reactive ketones (excluding diaryl/α,β-unsaturated/α-hetero) is 1. The largest absolute Gasteiger partial charge is 0.508 e. The molecule has 1 aromatic carbocycles. The number of ketones is 1. The molecule has 182 valence electrons. The van der Waals surface area contributed by atoms with Crippen LogP contribution in [0.5, 0.6) is 5.75 Å². The smallest absolute Gasteiger partial charge is 0.253 e. The maximum atomic E-state index is 13.0. The summed E-state index contributed by atoms with van der Waals surface area (Å²) in [4.78, 5) is 49.7. The number of aromatic hydroxyl groups is 1. The second-order valence-corrected chi connectivity index (χ2v) is 9.45. The second-order valence-electron chi connectivity index (χ2n) is 9.45. The summed E-state index contributed by atoms with van der Waals surface area (Å²) in [6.45, 7) is 8.24. The molecule has 1 aromatic rings. The van der Waals surface area contributed by atoms with E-state index in [1.165, 1.54) is 12.1 Å². The monoisotopic (exact) mass is 461 g/mol. The van der Waals surface area contributed by atoms with Crippen LogP contribution in [-0.2, 0) is 30.3 Å². The van der Waals surface area contributed by atoms with Crippen LogP contribution in [0.15, 0.2) is 24.3 Å². The van der Waals surface area contributed by atoms with E-state index in [0.717, 1.165) is 5.56 Å².